The molecule has 0 amide bonds. The zero-order valence-electron chi connectivity index (χ0n) is 7.88. The van der Waals surface area contributed by atoms with E-state index in [-0.39, 0.29) is 12.1 Å². The average Bonchev–Trinajstić information content (AvgIpc) is 1.84. The zero-order valence-corrected chi connectivity index (χ0v) is 8.88. The topological polar surface area (TPSA) is 55.4 Å². The van der Waals surface area contributed by atoms with Gasteiger partial charge in [0.25, 0.3) is 0 Å². The van der Waals surface area contributed by atoms with Gasteiger partial charge in [-0.15, -0.1) is 0 Å². The lowest BCUT2D eigenvalue weighted by atomic mass is 10.4. The summed E-state index contributed by atoms with van der Waals surface area (Å²) < 4.78 is 15.6. The first-order chi connectivity index (χ1) is 5.43. The third kappa shape index (κ3) is 5.33. The minimum atomic E-state index is -1.81. The van der Waals surface area contributed by atoms with E-state index in [1.54, 1.807) is 27.4 Å². The average molecular weight is 193 g/mol. The Morgan fingerprint density at radius 2 is 1.92 bits per heavy atom. The van der Waals surface area contributed by atoms with Crippen LogP contribution in [0.25, 0.3) is 0 Å². The molecule has 0 rings (SSSR count). The van der Waals surface area contributed by atoms with Gasteiger partial charge in [0, 0.05) is 0 Å². The van der Waals surface area contributed by atoms with Crippen LogP contribution in [0.4, 0.5) is 0 Å². The Morgan fingerprint density at radius 3 is 2.25 bits per heavy atom. The van der Waals surface area contributed by atoms with E-state index in [1.807, 2.05) is 0 Å². The van der Waals surface area contributed by atoms with Crippen LogP contribution in [0.15, 0.2) is 0 Å². The molecule has 0 aromatic rings. The molecule has 0 heterocycles. The van der Waals surface area contributed by atoms with Gasteiger partial charge >= 0.3 is 5.97 Å². The van der Waals surface area contributed by atoms with Gasteiger partial charge in [-0.3, -0.25) is 9.88 Å². The van der Waals surface area contributed by atoms with Gasteiger partial charge in [-0.25, -0.2) is 0 Å². The predicted molar refractivity (Wildman–Crippen MR) is 48.8 cm³/mol. The summed E-state index contributed by atoms with van der Waals surface area (Å²) in [6.07, 6.45) is -0.124. The Hall–Kier alpha value is -0.340. The van der Waals surface area contributed by atoms with Crippen LogP contribution in [0, 0.1) is 0 Å². The quantitative estimate of drug-likeness (QED) is 0.535. The molecule has 2 atom stereocenters. The molecule has 4 nitrogen and oxygen atoms in total. The number of carbonyl (C=O) groups excluding carboxylic acids is 1. The largest absolute Gasteiger partial charge is 0.462 e. The number of carbonyl (C=O) groups is 1. The summed E-state index contributed by atoms with van der Waals surface area (Å²) in [4.78, 5) is 11.1. The van der Waals surface area contributed by atoms with E-state index in [4.69, 9.17) is 4.74 Å². The number of hydrogen-bond acceptors (Lipinski definition) is 3. The van der Waals surface area contributed by atoms with E-state index in [1.165, 1.54) is 0 Å². The molecule has 1 unspecified atom stereocenters. The highest BCUT2D eigenvalue weighted by atomic mass is 31.1. The van der Waals surface area contributed by atoms with Crippen molar-refractivity contribution in [3.63, 3.8) is 0 Å². The van der Waals surface area contributed by atoms with E-state index in [0.29, 0.717) is 0 Å². The summed E-state index contributed by atoms with van der Waals surface area (Å²) in [5.74, 6) is -0.356. The summed E-state index contributed by atoms with van der Waals surface area (Å²) >= 11 is 0. The lowest BCUT2D eigenvalue weighted by molar-refractivity contribution is -0.148. The number of rotatable bonds is 4. The van der Waals surface area contributed by atoms with Crippen LogP contribution < -0.4 is 5.09 Å². The molecule has 12 heavy (non-hydrogen) atoms. The number of nitrogens with one attached hydrogen (secondary N) is 1. The van der Waals surface area contributed by atoms with Gasteiger partial charge in [0.2, 0.25) is 0 Å². The van der Waals surface area contributed by atoms with Crippen LogP contribution in [0.5, 0.6) is 0 Å². The fourth-order valence-corrected chi connectivity index (χ4v) is 1.43. The molecule has 0 saturated heterocycles. The van der Waals surface area contributed by atoms with E-state index in [2.05, 4.69) is 5.09 Å². The first-order valence-corrected chi connectivity index (χ1v) is 5.82. The van der Waals surface area contributed by atoms with Crippen LogP contribution in [-0.2, 0) is 14.1 Å². The molecule has 0 saturated carbocycles. The highest BCUT2D eigenvalue weighted by Gasteiger charge is 2.15. The Labute approximate surface area is 73.5 Å². The van der Waals surface area contributed by atoms with Crippen molar-refractivity contribution in [1.82, 2.24) is 5.09 Å². The summed E-state index contributed by atoms with van der Waals surface area (Å²) in [7, 11) is -1.81. The van der Waals surface area contributed by atoms with Crippen molar-refractivity contribution in [1.29, 1.82) is 0 Å². The van der Waals surface area contributed by atoms with Gasteiger partial charge in [0.15, 0.2) is 0 Å². The van der Waals surface area contributed by atoms with Crippen molar-refractivity contribution in [2.24, 2.45) is 0 Å². The van der Waals surface area contributed by atoms with Crippen molar-refractivity contribution >= 4 is 13.9 Å². The summed E-state index contributed by atoms with van der Waals surface area (Å²) in [6, 6.07) is -0.483. The van der Waals surface area contributed by atoms with Gasteiger partial charge in [0.1, 0.15) is 14.0 Å². The second-order valence-corrected chi connectivity index (χ2v) is 4.31. The number of hydrogen-bond donors (Lipinski definition) is 1. The normalized spacial score (nSPS) is 15.8. The van der Waals surface area contributed by atoms with Gasteiger partial charge < -0.3 is 9.30 Å². The lowest BCUT2D eigenvalue weighted by Crippen LogP contribution is -2.32. The van der Waals surface area contributed by atoms with Crippen molar-refractivity contribution in [3.8, 4) is 0 Å². The van der Waals surface area contributed by atoms with Crippen molar-refractivity contribution in [3.05, 3.63) is 0 Å². The van der Waals surface area contributed by atoms with Gasteiger partial charge in [0.05, 0.1) is 6.10 Å². The van der Waals surface area contributed by atoms with Crippen LogP contribution >= 0.6 is 7.95 Å². The second kappa shape index (κ2) is 5.33. The van der Waals surface area contributed by atoms with Crippen LogP contribution in [0.3, 0.4) is 0 Å². The molecule has 0 fully saturated rings. The van der Waals surface area contributed by atoms with Crippen molar-refractivity contribution < 1.29 is 14.1 Å². The van der Waals surface area contributed by atoms with Crippen LogP contribution in [0.1, 0.15) is 20.8 Å². The van der Waals surface area contributed by atoms with Crippen molar-refractivity contribution in [2.75, 3.05) is 6.66 Å². The van der Waals surface area contributed by atoms with E-state index < -0.39 is 14.0 Å². The third-order valence-corrected chi connectivity index (χ3v) is 1.96. The van der Waals surface area contributed by atoms with Gasteiger partial charge in [-0.1, -0.05) is 0 Å². The standard InChI is InChI=1S/C7H16NO3P/c1-5(2)11-7(9)6(3)8-12(4)10/h5-6,12H,1-4H3,(H,8,10)/t6-/m1/s1. The summed E-state index contributed by atoms with van der Waals surface area (Å²) in [5, 5.41) is 2.62. The summed E-state index contributed by atoms with van der Waals surface area (Å²) in [5.41, 5.74) is 0. The van der Waals surface area contributed by atoms with Gasteiger partial charge in [-0.05, 0) is 27.4 Å². The maximum Gasteiger partial charge on any atom is 0.323 e. The molecule has 0 bridgehead atoms. The first kappa shape index (κ1) is 11.7. The maximum atomic E-state index is 11.1. The summed E-state index contributed by atoms with van der Waals surface area (Å²) in [6.45, 7) is 6.74. The van der Waals surface area contributed by atoms with E-state index in [9.17, 15) is 9.36 Å². The molecular formula is C7H16NO3P. The number of esters is 1. The number of ether oxygens (including phenoxy) is 1. The molecular weight excluding hydrogens is 177 g/mol. The molecule has 72 valence electrons. The Balaban J connectivity index is 3.85. The predicted octanol–water partition coefficient (Wildman–Crippen LogP) is 1.02. The molecule has 0 radical (unpaired) electrons. The Kier molecular flexibility index (Phi) is 5.18. The molecule has 5 heteroatoms. The molecule has 0 aromatic heterocycles. The highest BCUT2D eigenvalue weighted by molar-refractivity contribution is 7.41. The fraction of sp³-hybridized carbons (Fsp3) is 0.857. The Morgan fingerprint density at radius 1 is 1.42 bits per heavy atom. The monoisotopic (exact) mass is 193 g/mol. The third-order valence-electron chi connectivity index (χ3n) is 1.13. The Bertz CT molecular complexity index is 181. The molecule has 1 N–H and O–H groups in total. The second-order valence-electron chi connectivity index (χ2n) is 2.91. The van der Waals surface area contributed by atoms with E-state index >= 15 is 0 Å². The first-order valence-electron chi connectivity index (χ1n) is 3.91. The van der Waals surface area contributed by atoms with Gasteiger partial charge in [-0.2, -0.15) is 0 Å². The molecule has 0 aliphatic rings. The minimum absolute atomic E-state index is 0.124. The van der Waals surface area contributed by atoms with Crippen LogP contribution in [-0.4, -0.2) is 24.8 Å². The van der Waals surface area contributed by atoms with Crippen LogP contribution in [0.2, 0.25) is 0 Å². The fourth-order valence-electron chi connectivity index (χ4n) is 0.698. The zero-order chi connectivity index (χ0) is 9.72. The lowest BCUT2D eigenvalue weighted by Gasteiger charge is -2.13. The molecule has 0 spiro atoms. The molecule has 0 aliphatic carbocycles. The van der Waals surface area contributed by atoms with Crippen molar-refractivity contribution in [2.45, 2.75) is 32.9 Å². The minimum Gasteiger partial charge on any atom is -0.462 e. The molecule has 0 aromatic carbocycles. The molecule has 0 aliphatic heterocycles. The SMILES string of the molecule is CC(C)OC(=O)[C@@H](C)N[PH](C)=O. The van der Waals surface area contributed by atoms with E-state index in [0.717, 1.165) is 0 Å². The smallest absolute Gasteiger partial charge is 0.323 e. The maximum absolute atomic E-state index is 11.1. The highest BCUT2D eigenvalue weighted by Crippen LogP contribution is 2.08.